The van der Waals surface area contributed by atoms with Crippen LogP contribution in [0.5, 0.6) is 0 Å². The van der Waals surface area contributed by atoms with Gasteiger partial charge in [-0.2, -0.15) is 0 Å². The number of carbonyl (C=O) groups excluding carboxylic acids is 2. The fourth-order valence-electron chi connectivity index (χ4n) is 3.50. The number of morpholine rings is 1. The monoisotopic (exact) mass is 295 g/mol. The van der Waals surface area contributed by atoms with Crippen molar-refractivity contribution in [3.05, 3.63) is 0 Å². The summed E-state index contributed by atoms with van der Waals surface area (Å²) >= 11 is 0. The highest BCUT2D eigenvalue weighted by Crippen LogP contribution is 2.22. The van der Waals surface area contributed by atoms with Crippen molar-refractivity contribution in [2.45, 2.75) is 44.2 Å². The standard InChI is InChI=1S/C15H25N3O3/c19-14(5-8-17-6-2-4-15(17)20)16-9-13-10-18-7-1-3-12(18)11-21-13/h12-13H,1-11H2,(H,16,19). The summed E-state index contributed by atoms with van der Waals surface area (Å²) in [5, 5.41) is 2.94. The molecular formula is C15H25N3O3. The Morgan fingerprint density at radius 3 is 3.05 bits per heavy atom. The molecule has 21 heavy (non-hydrogen) atoms. The van der Waals surface area contributed by atoms with E-state index in [2.05, 4.69) is 10.2 Å². The first-order valence-corrected chi connectivity index (χ1v) is 8.12. The molecule has 0 spiro atoms. The number of ether oxygens (including phenoxy) is 1. The van der Waals surface area contributed by atoms with Crippen LogP contribution in [0, 0.1) is 0 Å². The lowest BCUT2D eigenvalue weighted by atomic mass is 10.2. The van der Waals surface area contributed by atoms with E-state index in [4.69, 9.17) is 4.74 Å². The SMILES string of the molecule is O=C(CCN1CCCC1=O)NCC1CN2CCCC2CO1. The number of nitrogens with zero attached hydrogens (tertiary/aromatic N) is 2. The molecule has 3 rings (SSSR count). The van der Waals surface area contributed by atoms with Crippen molar-refractivity contribution in [1.29, 1.82) is 0 Å². The molecular weight excluding hydrogens is 270 g/mol. The highest BCUT2D eigenvalue weighted by atomic mass is 16.5. The van der Waals surface area contributed by atoms with Crippen molar-refractivity contribution in [2.75, 3.05) is 39.3 Å². The normalized spacial score (nSPS) is 29.7. The zero-order chi connectivity index (χ0) is 14.7. The highest BCUT2D eigenvalue weighted by Gasteiger charge is 2.32. The molecule has 0 aromatic heterocycles. The van der Waals surface area contributed by atoms with Gasteiger partial charge in [0, 0.05) is 45.1 Å². The topological polar surface area (TPSA) is 61.9 Å². The molecule has 0 aromatic carbocycles. The Bertz CT molecular complexity index is 402. The molecule has 2 amide bonds. The third kappa shape index (κ3) is 3.74. The van der Waals surface area contributed by atoms with Crippen LogP contribution in [0.4, 0.5) is 0 Å². The van der Waals surface area contributed by atoms with Gasteiger partial charge in [-0.25, -0.2) is 0 Å². The Balaban J connectivity index is 1.33. The summed E-state index contributed by atoms with van der Waals surface area (Å²) in [6.07, 6.45) is 4.56. The summed E-state index contributed by atoms with van der Waals surface area (Å²) in [7, 11) is 0. The van der Waals surface area contributed by atoms with Gasteiger partial charge in [-0.1, -0.05) is 0 Å². The third-order valence-corrected chi connectivity index (χ3v) is 4.77. The van der Waals surface area contributed by atoms with Crippen LogP contribution in [0.2, 0.25) is 0 Å². The second-order valence-electron chi connectivity index (χ2n) is 6.28. The van der Waals surface area contributed by atoms with E-state index >= 15 is 0 Å². The first kappa shape index (κ1) is 14.8. The lowest BCUT2D eigenvalue weighted by Gasteiger charge is -2.35. The number of hydrogen-bond acceptors (Lipinski definition) is 4. The molecule has 2 atom stereocenters. The maximum absolute atomic E-state index is 11.9. The predicted molar refractivity (Wildman–Crippen MR) is 77.8 cm³/mol. The second kappa shape index (κ2) is 6.75. The lowest BCUT2D eigenvalue weighted by Crippen LogP contribution is -2.50. The van der Waals surface area contributed by atoms with Gasteiger partial charge >= 0.3 is 0 Å². The minimum atomic E-state index is 0.0156. The third-order valence-electron chi connectivity index (χ3n) is 4.77. The molecule has 3 heterocycles. The first-order chi connectivity index (χ1) is 10.2. The maximum Gasteiger partial charge on any atom is 0.222 e. The van der Waals surface area contributed by atoms with Crippen molar-refractivity contribution < 1.29 is 14.3 Å². The fraction of sp³-hybridized carbons (Fsp3) is 0.867. The summed E-state index contributed by atoms with van der Waals surface area (Å²) in [5.41, 5.74) is 0. The van der Waals surface area contributed by atoms with E-state index in [1.54, 1.807) is 4.90 Å². The van der Waals surface area contributed by atoms with E-state index < -0.39 is 0 Å². The maximum atomic E-state index is 11.9. The molecule has 3 fully saturated rings. The van der Waals surface area contributed by atoms with Gasteiger partial charge in [-0.3, -0.25) is 14.5 Å². The van der Waals surface area contributed by atoms with Crippen molar-refractivity contribution >= 4 is 11.8 Å². The molecule has 0 aliphatic carbocycles. The highest BCUT2D eigenvalue weighted by molar-refractivity contribution is 5.80. The van der Waals surface area contributed by atoms with Gasteiger partial charge in [0.2, 0.25) is 11.8 Å². The van der Waals surface area contributed by atoms with E-state index in [-0.39, 0.29) is 17.9 Å². The minimum absolute atomic E-state index is 0.0156. The molecule has 0 aromatic rings. The number of hydrogen-bond donors (Lipinski definition) is 1. The number of rotatable bonds is 5. The van der Waals surface area contributed by atoms with Gasteiger partial charge in [-0.05, 0) is 25.8 Å². The largest absolute Gasteiger partial charge is 0.373 e. The molecule has 3 aliphatic heterocycles. The molecule has 3 aliphatic rings. The summed E-state index contributed by atoms with van der Waals surface area (Å²) in [5.74, 6) is 0.195. The quantitative estimate of drug-likeness (QED) is 0.774. The van der Waals surface area contributed by atoms with Gasteiger partial charge in [-0.15, -0.1) is 0 Å². The number of nitrogens with one attached hydrogen (secondary N) is 1. The number of amides is 2. The van der Waals surface area contributed by atoms with Crippen LogP contribution in [0.3, 0.4) is 0 Å². The van der Waals surface area contributed by atoms with Crippen molar-refractivity contribution in [3.8, 4) is 0 Å². The van der Waals surface area contributed by atoms with E-state index in [9.17, 15) is 9.59 Å². The average Bonchev–Trinajstić information content (AvgIpc) is 3.11. The Morgan fingerprint density at radius 2 is 2.24 bits per heavy atom. The van der Waals surface area contributed by atoms with E-state index in [0.717, 1.165) is 32.7 Å². The van der Waals surface area contributed by atoms with Crippen molar-refractivity contribution in [3.63, 3.8) is 0 Å². The smallest absolute Gasteiger partial charge is 0.222 e. The molecule has 6 heteroatoms. The minimum Gasteiger partial charge on any atom is -0.373 e. The summed E-state index contributed by atoms with van der Waals surface area (Å²) in [6, 6.07) is 0.595. The predicted octanol–water partition coefficient (Wildman–Crippen LogP) is -0.0217. The van der Waals surface area contributed by atoms with E-state index in [1.165, 1.54) is 12.8 Å². The molecule has 1 N–H and O–H groups in total. The first-order valence-electron chi connectivity index (χ1n) is 8.12. The van der Waals surface area contributed by atoms with Gasteiger partial charge in [0.15, 0.2) is 0 Å². The summed E-state index contributed by atoms with van der Waals surface area (Å²) < 4.78 is 5.82. The van der Waals surface area contributed by atoms with Crippen LogP contribution in [0.15, 0.2) is 0 Å². The van der Waals surface area contributed by atoms with Crippen LogP contribution in [-0.2, 0) is 14.3 Å². The summed E-state index contributed by atoms with van der Waals surface area (Å²) in [4.78, 5) is 27.6. The van der Waals surface area contributed by atoms with Crippen LogP contribution < -0.4 is 5.32 Å². The second-order valence-corrected chi connectivity index (χ2v) is 6.28. The average molecular weight is 295 g/mol. The number of fused-ring (bicyclic) bond motifs is 1. The Labute approximate surface area is 125 Å². The van der Waals surface area contributed by atoms with Gasteiger partial charge in [0.05, 0.1) is 12.7 Å². The Kier molecular flexibility index (Phi) is 4.75. The van der Waals surface area contributed by atoms with E-state index in [1.807, 2.05) is 0 Å². The zero-order valence-electron chi connectivity index (χ0n) is 12.6. The van der Waals surface area contributed by atoms with Crippen LogP contribution in [0.1, 0.15) is 32.1 Å². The van der Waals surface area contributed by atoms with Crippen molar-refractivity contribution in [2.24, 2.45) is 0 Å². The van der Waals surface area contributed by atoms with E-state index in [0.29, 0.717) is 32.0 Å². The Hall–Kier alpha value is -1.14. The molecule has 0 radical (unpaired) electrons. The summed E-state index contributed by atoms with van der Waals surface area (Å²) in [6.45, 7) is 4.81. The van der Waals surface area contributed by atoms with Gasteiger partial charge in [0.1, 0.15) is 0 Å². The molecule has 0 bridgehead atoms. The zero-order valence-corrected chi connectivity index (χ0v) is 12.6. The molecule has 118 valence electrons. The fourth-order valence-corrected chi connectivity index (χ4v) is 3.50. The van der Waals surface area contributed by atoms with Crippen molar-refractivity contribution in [1.82, 2.24) is 15.1 Å². The number of carbonyl (C=O) groups is 2. The molecule has 0 saturated carbocycles. The lowest BCUT2D eigenvalue weighted by molar-refractivity contribution is -0.128. The molecule has 3 saturated heterocycles. The van der Waals surface area contributed by atoms with Crippen LogP contribution >= 0.6 is 0 Å². The van der Waals surface area contributed by atoms with Crippen LogP contribution in [-0.4, -0.2) is 73.1 Å². The molecule has 2 unspecified atom stereocenters. The Morgan fingerprint density at radius 1 is 1.33 bits per heavy atom. The van der Waals surface area contributed by atoms with Gasteiger partial charge < -0.3 is 15.0 Å². The van der Waals surface area contributed by atoms with Crippen LogP contribution in [0.25, 0.3) is 0 Å². The molecule has 6 nitrogen and oxygen atoms in total. The van der Waals surface area contributed by atoms with Gasteiger partial charge in [0.25, 0.3) is 0 Å². The number of likely N-dealkylation sites (tertiary alicyclic amines) is 1.